The third-order valence-electron chi connectivity index (χ3n) is 5.14. The molecule has 0 bridgehead atoms. The molecule has 0 saturated carbocycles. The molecule has 1 aliphatic rings. The number of thioether (sulfide) groups is 1. The first kappa shape index (κ1) is 18.6. The molecule has 0 unspecified atom stereocenters. The summed E-state index contributed by atoms with van der Waals surface area (Å²) < 4.78 is 5.31. The number of benzene rings is 3. The van der Waals surface area contributed by atoms with Gasteiger partial charge in [0.15, 0.2) is 0 Å². The van der Waals surface area contributed by atoms with E-state index in [4.69, 9.17) is 4.74 Å². The lowest BCUT2D eigenvalue weighted by Crippen LogP contribution is -2.56. The third kappa shape index (κ3) is 3.65. The zero-order chi connectivity index (χ0) is 19.5. The second kappa shape index (κ2) is 8.11. The number of β-lactam (4-membered cyclic amide) rings is 1. The van der Waals surface area contributed by atoms with Gasteiger partial charge in [0.25, 0.3) is 0 Å². The minimum absolute atomic E-state index is 0.0418. The molecule has 1 heterocycles. The number of hydrogen-bond donors (Lipinski definition) is 0. The monoisotopic (exact) mass is 389 g/mol. The van der Waals surface area contributed by atoms with Crippen molar-refractivity contribution in [3.8, 4) is 5.75 Å². The predicted molar refractivity (Wildman–Crippen MR) is 115 cm³/mol. The molecule has 2 atom stereocenters. The normalized spacial score (nSPS) is 18.6. The lowest BCUT2D eigenvalue weighted by molar-refractivity contribution is -0.129. The number of carbonyl (C=O) groups is 1. The summed E-state index contributed by atoms with van der Waals surface area (Å²) in [6.07, 6.45) is 0. The lowest BCUT2D eigenvalue weighted by Gasteiger charge is -2.47. The molecule has 3 nitrogen and oxygen atoms in total. The number of hydrogen-bond acceptors (Lipinski definition) is 3. The van der Waals surface area contributed by atoms with Crippen molar-refractivity contribution in [3.05, 3.63) is 90.0 Å². The van der Waals surface area contributed by atoms with E-state index in [9.17, 15) is 4.79 Å². The molecule has 4 heteroatoms. The summed E-state index contributed by atoms with van der Waals surface area (Å²) >= 11 is 1.71. The highest BCUT2D eigenvalue weighted by molar-refractivity contribution is 7.99. The number of methoxy groups -OCH3 is 1. The molecule has 1 amide bonds. The Morgan fingerprint density at radius 1 is 0.964 bits per heavy atom. The maximum atomic E-state index is 13.1. The van der Waals surface area contributed by atoms with Crippen LogP contribution in [0.3, 0.4) is 0 Å². The van der Waals surface area contributed by atoms with Crippen LogP contribution in [0.2, 0.25) is 0 Å². The van der Waals surface area contributed by atoms with E-state index in [2.05, 4.69) is 37.3 Å². The Balaban J connectivity index is 1.57. The second-order valence-electron chi connectivity index (χ2n) is 7.00. The van der Waals surface area contributed by atoms with Crippen LogP contribution in [0.1, 0.15) is 17.2 Å². The van der Waals surface area contributed by atoms with Crippen molar-refractivity contribution in [3.63, 3.8) is 0 Å². The highest BCUT2D eigenvalue weighted by Crippen LogP contribution is 2.45. The molecular formula is C24H23NO2S. The molecule has 1 fully saturated rings. The van der Waals surface area contributed by atoms with Gasteiger partial charge in [-0.1, -0.05) is 54.1 Å². The average molecular weight is 390 g/mol. The van der Waals surface area contributed by atoms with Gasteiger partial charge >= 0.3 is 0 Å². The molecule has 0 spiro atoms. The molecule has 142 valence electrons. The standard InChI is InChI=1S/C24H23NO2S/c1-17-11-13-19(14-12-17)25-23(18-7-4-3-5-8-18)22(24(25)26)16-28-21-10-6-9-20(15-21)27-2/h3-15,22-23H,16H2,1-2H3/t22-,23+/m0/s1. The van der Waals surface area contributed by atoms with Crippen molar-refractivity contribution in [2.45, 2.75) is 17.9 Å². The summed E-state index contributed by atoms with van der Waals surface area (Å²) in [6, 6.07) is 26.6. The van der Waals surface area contributed by atoms with Gasteiger partial charge in [-0.3, -0.25) is 4.79 Å². The number of ether oxygens (including phenoxy) is 1. The van der Waals surface area contributed by atoms with Crippen molar-refractivity contribution < 1.29 is 9.53 Å². The fourth-order valence-corrected chi connectivity index (χ4v) is 4.68. The average Bonchev–Trinajstić information content (AvgIpc) is 2.74. The summed E-state index contributed by atoms with van der Waals surface area (Å²) in [4.78, 5) is 16.1. The fraction of sp³-hybridized carbons (Fsp3) is 0.208. The van der Waals surface area contributed by atoms with E-state index in [-0.39, 0.29) is 17.9 Å². The number of nitrogens with zero attached hydrogens (tertiary/aromatic N) is 1. The van der Waals surface area contributed by atoms with Crippen LogP contribution < -0.4 is 9.64 Å². The summed E-state index contributed by atoms with van der Waals surface area (Å²) in [5.74, 6) is 1.73. The Bertz CT molecular complexity index is 956. The number of aryl methyl sites for hydroxylation is 1. The van der Waals surface area contributed by atoms with Crippen LogP contribution in [-0.2, 0) is 4.79 Å². The van der Waals surface area contributed by atoms with Crippen LogP contribution in [-0.4, -0.2) is 18.8 Å². The molecule has 1 saturated heterocycles. The Morgan fingerprint density at radius 2 is 1.71 bits per heavy atom. The molecule has 3 aromatic rings. The van der Waals surface area contributed by atoms with Crippen LogP contribution in [0.4, 0.5) is 5.69 Å². The summed E-state index contributed by atoms with van der Waals surface area (Å²) in [5, 5.41) is 0. The minimum Gasteiger partial charge on any atom is -0.497 e. The third-order valence-corrected chi connectivity index (χ3v) is 6.25. The minimum atomic E-state index is -0.0418. The van der Waals surface area contributed by atoms with E-state index in [1.54, 1.807) is 18.9 Å². The van der Waals surface area contributed by atoms with E-state index < -0.39 is 0 Å². The van der Waals surface area contributed by atoms with E-state index in [1.165, 1.54) is 11.1 Å². The second-order valence-corrected chi connectivity index (χ2v) is 8.09. The number of carbonyl (C=O) groups excluding carboxylic acids is 1. The zero-order valence-electron chi connectivity index (χ0n) is 16.0. The lowest BCUT2D eigenvalue weighted by atomic mass is 9.83. The first-order valence-corrected chi connectivity index (χ1v) is 10.4. The summed E-state index contributed by atoms with van der Waals surface area (Å²) in [7, 11) is 1.67. The number of anilines is 1. The van der Waals surface area contributed by atoms with Gasteiger partial charge in [-0.15, -0.1) is 11.8 Å². The van der Waals surface area contributed by atoms with E-state index in [1.807, 2.05) is 53.4 Å². The molecule has 4 rings (SSSR count). The maximum Gasteiger partial charge on any atom is 0.233 e. The molecule has 3 aromatic carbocycles. The highest BCUT2D eigenvalue weighted by Gasteiger charge is 2.48. The predicted octanol–water partition coefficient (Wildman–Crippen LogP) is 5.50. The van der Waals surface area contributed by atoms with E-state index in [0.717, 1.165) is 22.1 Å². The molecule has 0 aromatic heterocycles. The Hall–Kier alpha value is -2.72. The fourth-order valence-electron chi connectivity index (χ4n) is 3.61. The smallest absolute Gasteiger partial charge is 0.233 e. The van der Waals surface area contributed by atoms with Crippen molar-refractivity contribution in [1.82, 2.24) is 0 Å². The number of rotatable bonds is 6. The van der Waals surface area contributed by atoms with Gasteiger partial charge in [0.05, 0.1) is 19.1 Å². The SMILES string of the molecule is COc1cccc(SC[C@@H]2C(=O)N(c3ccc(C)cc3)[C@@H]2c2ccccc2)c1. The summed E-state index contributed by atoms with van der Waals surface area (Å²) in [6.45, 7) is 2.06. The van der Waals surface area contributed by atoms with E-state index >= 15 is 0 Å². The van der Waals surface area contributed by atoms with Crippen molar-refractivity contribution in [2.24, 2.45) is 5.92 Å². The molecule has 28 heavy (non-hydrogen) atoms. The Labute approximate surface area is 170 Å². The summed E-state index contributed by atoms with van der Waals surface area (Å²) in [5.41, 5.74) is 3.34. The van der Waals surface area contributed by atoms with Crippen molar-refractivity contribution in [2.75, 3.05) is 17.8 Å². The quantitative estimate of drug-likeness (QED) is 0.412. The molecule has 1 aliphatic heterocycles. The van der Waals surface area contributed by atoms with Gasteiger partial charge in [0.1, 0.15) is 5.75 Å². The first-order chi connectivity index (χ1) is 13.7. The van der Waals surface area contributed by atoms with Gasteiger partial charge in [-0.2, -0.15) is 0 Å². The van der Waals surface area contributed by atoms with Crippen molar-refractivity contribution >= 4 is 23.4 Å². The van der Waals surface area contributed by atoms with Crippen LogP contribution in [0, 0.1) is 12.8 Å². The van der Waals surface area contributed by atoms with Gasteiger partial charge in [0, 0.05) is 16.3 Å². The largest absolute Gasteiger partial charge is 0.497 e. The highest BCUT2D eigenvalue weighted by atomic mass is 32.2. The van der Waals surface area contributed by atoms with Gasteiger partial charge in [-0.05, 0) is 42.8 Å². The van der Waals surface area contributed by atoms with Crippen LogP contribution >= 0.6 is 11.8 Å². The van der Waals surface area contributed by atoms with Gasteiger partial charge in [0.2, 0.25) is 5.91 Å². The van der Waals surface area contributed by atoms with Crippen LogP contribution in [0.5, 0.6) is 5.75 Å². The molecule has 0 aliphatic carbocycles. The Morgan fingerprint density at radius 3 is 2.43 bits per heavy atom. The zero-order valence-corrected chi connectivity index (χ0v) is 16.9. The molecule has 0 N–H and O–H groups in total. The van der Waals surface area contributed by atoms with Crippen molar-refractivity contribution in [1.29, 1.82) is 0 Å². The van der Waals surface area contributed by atoms with Crippen LogP contribution in [0.15, 0.2) is 83.8 Å². The first-order valence-electron chi connectivity index (χ1n) is 9.39. The van der Waals surface area contributed by atoms with E-state index in [0.29, 0.717) is 0 Å². The maximum absolute atomic E-state index is 13.1. The van der Waals surface area contributed by atoms with Gasteiger partial charge < -0.3 is 9.64 Å². The molecular weight excluding hydrogens is 366 g/mol. The topological polar surface area (TPSA) is 29.5 Å². The van der Waals surface area contributed by atoms with Crippen LogP contribution in [0.25, 0.3) is 0 Å². The number of amides is 1. The van der Waals surface area contributed by atoms with Gasteiger partial charge in [-0.25, -0.2) is 0 Å². The Kier molecular flexibility index (Phi) is 5.40. The molecule has 0 radical (unpaired) electrons.